The Kier molecular flexibility index (Phi) is 4.79. The van der Waals surface area contributed by atoms with Crippen molar-refractivity contribution in [3.63, 3.8) is 0 Å². The Morgan fingerprint density at radius 3 is 2.81 bits per heavy atom. The highest BCUT2D eigenvalue weighted by Crippen LogP contribution is 1.99. The molecule has 0 aromatic heterocycles. The second-order valence-corrected chi connectivity index (χ2v) is 3.06. The fourth-order valence-corrected chi connectivity index (χ4v) is 1.04. The molecule has 0 aliphatic heterocycles. The van der Waals surface area contributed by atoms with E-state index in [4.69, 9.17) is 4.74 Å². The van der Waals surface area contributed by atoms with Crippen molar-refractivity contribution >= 4 is 11.8 Å². The van der Waals surface area contributed by atoms with E-state index in [-0.39, 0.29) is 6.61 Å². The molecular formula is C12H14N2O2. The van der Waals surface area contributed by atoms with E-state index in [9.17, 15) is 4.79 Å². The Balaban J connectivity index is 2.51. The van der Waals surface area contributed by atoms with Crippen LogP contribution in [-0.2, 0) is 4.74 Å². The molecule has 0 aliphatic carbocycles. The lowest BCUT2D eigenvalue weighted by molar-refractivity contribution is 0.159. The first-order valence-electron chi connectivity index (χ1n) is 4.87. The number of hydrogen-bond acceptors (Lipinski definition) is 3. The fraction of sp³-hybridized carbons (Fsp3) is 0.167. The van der Waals surface area contributed by atoms with Gasteiger partial charge in [-0.1, -0.05) is 43.0 Å². The minimum absolute atomic E-state index is 0.172. The largest absolute Gasteiger partial charge is 0.444 e. The fourth-order valence-electron chi connectivity index (χ4n) is 1.04. The zero-order valence-corrected chi connectivity index (χ0v) is 9.14. The van der Waals surface area contributed by atoms with Gasteiger partial charge in [0.15, 0.2) is 0 Å². The second kappa shape index (κ2) is 6.40. The Hall–Kier alpha value is -2.10. The minimum Gasteiger partial charge on any atom is -0.444 e. The summed E-state index contributed by atoms with van der Waals surface area (Å²) >= 11 is 0. The quantitative estimate of drug-likeness (QED) is 0.479. The van der Waals surface area contributed by atoms with Crippen molar-refractivity contribution < 1.29 is 9.53 Å². The number of hydrazone groups is 1. The summed E-state index contributed by atoms with van der Waals surface area (Å²) in [6.45, 7) is 5.42. The Morgan fingerprint density at radius 1 is 1.50 bits per heavy atom. The highest BCUT2D eigenvalue weighted by molar-refractivity contribution is 5.98. The van der Waals surface area contributed by atoms with E-state index in [0.717, 1.165) is 11.3 Å². The van der Waals surface area contributed by atoms with E-state index >= 15 is 0 Å². The van der Waals surface area contributed by atoms with Crippen LogP contribution in [0.2, 0.25) is 0 Å². The number of rotatable bonds is 4. The van der Waals surface area contributed by atoms with Crippen LogP contribution >= 0.6 is 0 Å². The molecular weight excluding hydrogens is 204 g/mol. The van der Waals surface area contributed by atoms with Gasteiger partial charge in [0.25, 0.3) is 0 Å². The van der Waals surface area contributed by atoms with Gasteiger partial charge in [-0.05, 0) is 12.5 Å². The van der Waals surface area contributed by atoms with E-state index in [0.29, 0.717) is 0 Å². The molecule has 0 radical (unpaired) electrons. The van der Waals surface area contributed by atoms with Crippen molar-refractivity contribution in [1.29, 1.82) is 0 Å². The van der Waals surface area contributed by atoms with E-state index in [1.165, 1.54) is 6.08 Å². The van der Waals surface area contributed by atoms with Crippen LogP contribution in [0.4, 0.5) is 4.79 Å². The lowest BCUT2D eigenvalue weighted by Crippen LogP contribution is -2.20. The molecule has 1 aromatic rings. The van der Waals surface area contributed by atoms with Gasteiger partial charge in [-0.25, -0.2) is 10.2 Å². The summed E-state index contributed by atoms with van der Waals surface area (Å²) in [4.78, 5) is 11.0. The number of amides is 1. The van der Waals surface area contributed by atoms with Gasteiger partial charge in [0.05, 0.1) is 5.71 Å². The average Bonchev–Trinajstić information content (AvgIpc) is 2.34. The maximum Gasteiger partial charge on any atom is 0.428 e. The number of carbonyl (C=O) groups is 1. The Bertz CT molecular complexity index is 385. The van der Waals surface area contributed by atoms with Gasteiger partial charge in [0.1, 0.15) is 6.61 Å². The topological polar surface area (TPSA) is 50.7 Å². The summed E-state index contributed by atoms with van der Waals surface area (Å²) in [6, 6.07) is 9.56. The van der Waals surface area contributed by atoms with Gasteiger partial charge in [-0.15, -0.1) is 0 Å². The van der Waals surface area contributed by atoms with Gasteiger partial charge in [0, 0.05) is 0 Å². The van der Waals surface area contributed by atoms with Crippen molar-refractivity contribution in [2.75, 3.05) is 6.61 Å². The van der Waals surface area contributed by atoms with E-state index in [2.05, 4.69) is 17.1 Å². The number of benzene rings is 1. The molecule has 1 amide bonds. The third-order valence-corrected chi connectivity index (χ3v) is 1.84. The Morgan fingerprint density at radius 2 is 2.19 bits per heavy atom. The Labute approximate surface area is 94.6 Å². The van der Waals surface area contributed by atoms with Crippen LogP contribution < -0.4 is 5.43 Å². The van der Waals surface area contributed by atoms with Crippen molar-refractivity contribution in [3.8, 4) is 0 Å². The third-order valence-electron chi connectivity index (χ3n) is 1.84. The van der Waals surface area contributed by atoms with E-state index in [1.54, 1.807) is 0 Å². The molecule has 4 nitrogen and oxygen atoms in total. The molecule has 0 unspecified atom stereocenters. The maximum atomic E-state index is 11.0. The number of hydrogen-bond donors (Lipinski definition) is 1. The number of ether oxygens (including phenoxy) is 1. The molecule has 1 rings (SSSR count). The highest BCUT2D eigenvalue weighted by Gasteiger charge is 1.99. The summed E-state index contributed by atoms with van der Waals surface area (Å²) in [7, 11) is 0. The van der Waals surface area contributed by atoms with Crippen molar-refractivity contribution in [1.82, 2.24) is 5.43 Å². The molecule has 0 bridgehead atoms. The molecule has 16 heavy (non-hydrogen) atoms. The predicted octanol–water partition coefficient (Wildman–Crippen LogP) is 2.32. The van der Waals surface area contributed by atoms with E-state index in [1.807, 2.05) is 37.3 Å². The first-order chi connectivity index (χ1) is 7.74. The number of nitrogens with zero attached hydrogens (tertiary/aromatic N) is 1. The van der Waals surface area contributed by atoms with Gasteiger partial charge >= 0.3 is 6.09 Å². The molecule has 0 saturated carbocycles. The zero-order chi connectivity index (χ0) is 11.8. The average molecular weight is 218 g/mol. The van der Waals surface area contributed by atoms with Crippen LogP contribution in [0.1, 0.15) is 12.5 Å². The SMILES string of the molecule is C=CCOC(=O)N/N=C(\C)c1ccccc1. The maximum absolute atomic E-state index is 11.0. The first-order valence-corrected chi connectivity index (χ1v) is 4.87. The highest BCUT2D eigenvalue weighted by atomic mass is 16.5. The van der Waals surface area contributed by atoms with Crippen molar-refractivity contribution in [3.05, 3.63) is 48.6 Å². The van der Waals surface area contributed by atoms with Crippen LogP contribution in [0.25, 0.3) is 0 Å². The smallest absolute Gasteiger partial charge is 0.428 e. The van der Waals surface area contributed by atoms with Crippen LogP contribution in [0, 0.1) is 0 Å². The molecule has 0 saturated heterocycles. The van der Waals surface area contributed by atoms with Crippen molar-refractivity contribution in [2.24, 2.45) is 5.10 Å². The summed E-state index contributed by atoms with van der Waals surface area (Å²) in [5, 5.41) is 3.91. The first kappa shape index (κ1) is 12.0. The lowest BCUT2D eigenvalue weighted by Gasteiger charge is -2.02. The summed E-state index contributed by atoms with van der Waals surface area (Å²) in [5.41, 5.74) is 3.96. The monoisotopic (exact) mass is 218 g/mol. The van der Waals surface area contributed by atoms with Crippen molar-refractivity contribution in [2.45, 2.75) is 6.92 Å². The molecule has 0 spiro atoms. The number of carbonyl (C=O) groups excluding carboxylic acids is 1. The van der Waals surface area contributed by atoms with Gasteiger partial charge in [-0.3, -0.25) is 0 Å². The van der Waals surface area contributed by atoms with E-state index < -0.39 is 6.09 Å². The molecule has 0 heterocycles. The number of nitrogens with one attached hydrogen (secondary N) is 1. The summed E-state index contributed by atoms with van der Waals surface area (Å²) in [6.07, 6.45) is 0.906. The standard InChI is InChI=1S/C12H14N2O2/c1-3-9-16-12(15)14-13-10(2)11-7-5-4-6-8-11/h3-8H,1,9H2,2H3,(H,14,15)/b13-10+. The normalized spacial score (nSPS) is 10.7. The third kappa shape index (κ3) is 3.96. The summed E-state index contributed by atoms with van der Waals surface area (Å²) < 4.78 is 4.70. The van der Waals surface area contributed by atoms with Crippen LogP contribution in [0.15, 0.2) is 48.1 Å². The van der Waals surface area contributed by atoms with Gasteiger partial charge in [0.2, 0.25) is 0 Å². The molecule has 4 heteroatoms. The van der Waals surface area contributed by atoms with Gasteiger partial charge in [-0.2, -0.15) is 5.10 Å². The summed E-state index contributed by atoms with van der Waals surface area (Å²) in [5.74, 6) is 0. The van der Waals surface area contributed by atoms with Crippen LogP contribution in [-0.4, -0.2) is 18.4 Å². The van der Waals surface area contributed by atoms with Crippen LogP contribution in [0.5, 0.6) is 0 Å². The molecule has 1 N–H and O–H groups in total. The molecule has 1 aromatic carbocycles. The predicted molar refractivity (Wildman–Crippen MR) is 63.3 cm³/mol. The second-order valence-electron chi connectivity index (χ2n) is 3.06. The molecule has 0 fully saturated rings. The lowest BCUT2D eigenvalue weighted by atomic mass is 10.1. The van der Waals surface area contributed by atoms with Crippen LogP contribution in [0.3, 0.4) is 0 Å². The zero-order valence-electron chi connectivity index (χ0n) is 9.14. The molecule has 84 valence electrons. The molecule has 0 atom stereocenters. The molecule has 0 aliphatic rings. The van der Waals surface area contributed by atoms with Gasteiger partial charge < -0.3 is 4.74 Å². The minimum atomic E-state index is -0.588.